The molecule has 3 aromatic rings. The maximum atomic E-state index is 11.5. The van der Waals surface area contributed by atoms with Crippen molar-refractivity contribution >= 4 is 61.8 Å². The van der Waals surface area contributed by atoms with Crippen molar-refractivity contribution in [1.29, 1.82) is 0 Å². The Balaban J connectivity index is 0.00000225. The molecule has 0 aliphatic heterocycles. The van der Waals surface area contributed by atoms with Gasteiger partial charge in [-0.25, -0.2) is 0 Å². The molecule has 2 N–H and O–H groups in total. The van der Waals surface area contributed by atoms with Gasteiger partial charge in [-0.2, -0.15) is 8.42 Å². The Hall–Kier alpha value is -1.77. The zero-order chi connectivity index (χ0) is 17.3. The van der Waals surface area contributed by atoms with Crippen molar-refractivity contribution in [2.45, 2.75) is 11.8 Å². The molecule has 8 heteroatoms. The normalized spacial score (nSPS) is 11.6. The maximum absolute atomic E-state index is 11.5. The number of nitrogens with zero attached hydrogens (tertiary/aromatic N) is 2. The molecule has 124 valence electrons. The van der Waals surface area contributed by atoms with Crippen molar-refractivity contribution < 1.29 is 18.1 Å². The van der Waals surface area contributed by atoms with E-state index in [9.17, 15) is 18.1 Å². The molecule has 0 saturated heterocycles. The van der Waals surface area contributed by atoms with Crippen LogP contribution >= 0.6 is 0 Å². The number of rotatable bonds is 3. The fourth-order valence-corrected chi connectivity index (χ4v) is 3.07. The van der Waals surface area contributed by atoms with Gasteiger partial charge in [0, 0.05) is 5.39 Å². The van der Waals surface area contributed by atoms with Crippen LogP contribution in [0.4, 0.5) is 11.4 Å². The predicted molar refractivity (Wildman–Crippen MR) is 97.9 cm³/mol. The number of phenolic OH excluding ortho intramolecular Hbond substituents is 1. The van der Waals surface area contributed by atoms with E-state index in [-0.39, 0.29) is 51.6 Å². The van der Waals surface area contributed by atoms with Crippen LogP contribution in [0.2, 0.25) is 0 Å². The molecule has 0 atom stereocenters. The summed E-state index contributed by atoms with van der Waals surface area (Å²) in [5.74, 6) is -0.0713. The van der Waals surface area contributed by atoms with Crippen LogP contribution in [0.3, 0.4) is 0 Å². The van der Waals surface area contributed by atoms with Crippen molar-refractivity contribution in [2.75, 3.05) is 0 Å². The van der Waals surface area contributed by atoms with Gasteiger partial charge in [-0.1, -0.05) is 36.4 Å². The molecule has 0 aromatic heterocycles. The number of phenols is 1. The quantitative estimate of drug-likeness (QED) is 0.417. The minimum atomic E-state index is -4.43. The van der Waals surface area contributed by atoms with Crippen molar-refractivity contribution in [2.24, 2.45) is 10.2 Å². The van der Waals surface area contributed by atoms with Gasteiger partial charge in [0.25, 0.3) is 10.1 Å². The van der Waals surface area contributed by atoms with Gasteiger partial charge in [-0.15, -0.1) is 10.2 Å². The predicted octanol–water partition coefficient (Wildman–Crippen LogP) is 3.87. The summed E-state index contributed by atoms with van der Waals surface area (Å²) >= 11 is 0. The van der Waals surface area contributed by atoms with Crippen molar-refractivity contribution in [3.63, 3.8) is 0 Å². The molecular weight excluding hydrogens is 351 g/mol. The van der Waals surface area contributed by atoms with E-state index in [1.165, 1.54) is 18.2 Å². The number of azo groups is 1. The molecule has 0 unspecified atom stereocenters. The summed E-state index contributed by atoms with van der Waals surface area (Å²) in [4.78, 5) is -0.328. The third-order valence-electron chi connectivity index (χ3n) is 3.53. The van der Waals surface area contributed by atoms with Gasteiger partial charge in [-0.3, -0.25) is 4.55 Å². The second-order valence-electron chi connectivity index (χ2n) is 5.30. The Bertz CT molecular complexity index is 1070. The van der Waals surface area contributed by atoms with Gasteiger partial charge in [0.15, 0.2) is 0 Å². The van der Waals surface area contributed by atoms with E-state index >= 15 is 0 Å². The van der Waals surface area contributed by atoms with Crippen LogP contribution in [0.1, 0.15) is 5.56 Å². The average Bonchev–Trinajstić information content (AvgIpc) is 2.54. The summed E-state index contributed by atoms with van der Waals surface area (Å²) < 4.78 is 32.3. The summed E-state index contributed by atoms with van der Waals surface area (Å²) in [6.45, 7) is 1.70. The van der Waals surface area contributed by atoms with E-state index in [1.807, 2.05) is 12.1 Å². The molecule has 3 rings (SSSR count). The Kier molecular flexibility index (Phi) is 5.97. The van der Waals surface area contributed by atoms with Crippen molar-refractivity contribution in [3.8, 4) is 5.75 Å². The third kappa shape index (κ3) is 4.26. The number of benzene rings is 3. The fraction of sp³-hybridized carbons (Fsp3) is 0.0588. The van der Waals surface area contributed by atoms with Crippen molar-refractivity contribution in [3.05, 3.63) is 60.2 Å². The molecule has 0 amide bonds. The SMILES string of the molecule is Cc1ccc(N=Nc2c(O)ccc3ccccc23)c(S(=O)(=O)O)c1.[NaH]. The Morgan fingerprint density at radius 1 is 0.960 bits per heavy atom. The molecule has 0 bridgehead atoms. The van der Waals surface area contributed by atoms with Gasteiger partial charge >= 0.3 is 29.6 Å². The third-order valence-corrected chi connectivity index (χ3v) is 4.41. The summed E-state index contributed by atoms with van der Waals surface area (Å²) in [6.07, 6.45) is 0. The van der Waals surface area contributed by atoms with Crippen LogP contribution in [-0.4, -0.2) is 47.6 Å². The van der Waals surface area contributed by atoms with E-state index in [1.54, 1.807) is 31.2 Å². The van der Waals surface area contributed by atoms with E-state index in [0.29, 0.717) is 10.9 Å². The van der Waals surface area contributed by atoms with E-state index in [0.717, 1.165) is 5.39 Å². The van der Waals surface area contributed by atoms with Crippen LogP contribution in [-0.2, 0) is 10.1 Å². The Morgan fingerprint density at radius 3 is 2.40 bits per heavy atom. The minimum absolute atomic E-state index is 0. The number of aryl methyl sites for hydroxylation is 1. The van der Waals surface area contributed by atoms with E-state index in [2.05, 4.69) is 10.2 Å². The van der Waals surface area contributed by atoms with Gasteiger partial charge in [-0.05, 0) is 36.1 Å². The second-order valence-corrected chi connectivity index (χ2v) is 6.69. The second kappa shape index (κ2) is 7.63. The summed E-state index contributed by atoms with van der Waals surface area (Å²) in [7, 11) is -4.43. The molecule has 0 saturated carbocycles. The van der Waals surface area contributed by atoms with Crippen LogP contribution in [0.15, 0.2) is 69.7 Å². The first-order valence-corrected chi connectivity index (χ1v) is 8.51. The number of hydrogen-bond donors (Lipinski definition) is 2. The molecule has 6 nitrogen and oxygen atoms in total. The molecule has 0 heterocycles. The Labute approximate surface area is 167 Å². The summed E-state index contributed by atoms with van der Waals surface area (Å²) in [5.41, 5.74) is 0.889. The van der Waals surface area contributed by atoms with Gasteiger partial charge < -0.3 is 5.11 Å². The first kappa shape index (κ1) is 19.6. The summed E-state index contributed by atoms with van der Waals surface area (Å²) in [6, 6.07) is 15.0. The molecule has 0 radical (unpaired) electrons. The van der Waals surface area contributed by atoms with Crippen molar-refractivity contribution in [1.82, 2.24) is 0 Å². The average molecular weight is 366 g/mol. The number of fused-ring (bicyclic) bond motifs is 1. The van der Waals surface area contributed by atoms with Gasteiger partial charge in [0.1, 0.15) is 22.0 Å². The van der Waals surface area contributed by atoms with Crippen LogP contribution in [0.5, 0.6) is 5.75 Å². The Morgan fingerprint density at radius 2 is 1.68 bits per heavy atom. The van der Waals surface area contributed by atoms with Crippen LogP contribution < -0.4 is 0 Å². The van der Waals surface area contributed by atoms with Gasteiger partial charge in [0.05, 0.1) is 0 Å². The monoisotopic (exact) mass is 366 g/mol. The summed E-state index contributed by atoms with van der Waals surface area (Å²) in [5, 5.41) is 19.5. The molecule has 0 aliphatic rings. The molecule has 25 heavy (non-hydrogen) atoms. The van der Waals surface area contributed by atoms with E-state index in [4.69, 9.17) is 0 Å². The van der Waals surface area contributed by atoms with Crippen LogP contribution in [0.25, 0.3) is 10.8 Å². The topological polar surface area (TPSA) is 99.3 Å². The first-order valence-electron chi connectivity index (χ1n) is 7.07. The first-order chi connectivity index (χ1) is 11.4. The molecular formula is C17H15N2NaO4S. The standard InChI is InChI=1S/C17H14N2O4S.Na.H/c1-11-6-8-14(16(10-11)24(21,22)23)18-19-17-13-5-3-2-4-12(13)7-9-15(17)20;;/h2-10,20H,1H3,(H,21,22,23);;. The zero-order valence-corrected chi connectivity index (χ0v) is 13.5. The molecule has 0 fully saturated rings. The fourth-order valence-electron chi connectivity index (χ4n) is 2.36. The number of hydrogen-bond acceptors (Lipinski definition) is 5. The number of aromatic hydroxyl groups is 1. The van der Waals surface area contributed by atoms with E-state index < -0.39 is 10.1 Å². The van der Waals surface area contributed by atoms with Crippen LogP contribution in [0, 0.1) is 6.92 Å². The zero-order valence-electron chi connectivity index (χ0n) is 12.7. The van der Waals surface area contributed by atoms with Gasteiger partial charge in [0.2, 0.25) is 0 Å². The molecule has 3 aromatic carbocycles. The molecule has 0 spiro atoms. The molecule has 0 aliphatic carbocycles.